The maximum Gasteiger partial charge on any atom is 0.193 e. The van der Waals surface area contributed by atoms with Crippen molar-refractivity contribution in [3.05, 3.63) is 35.9 Å². The average molecular weight is 400 g/mol. The summed E-state index contributed by atoms with van der Waals surface area (Å²) in [5.41, 5.74) is 1.47. The van der Waals surface area contributed by atoms with Gasteiger partial charge in [0.1, 0.15) is 0 Å². The van der Waals surface area contributed by atoms with Gasteiger partial charge in [0, 0.05) is 59.4 Å². The lowest BCUT2D eigenvalue weighted by Gasteiger charge is -2.36. The van der Waals surface area contributed by atoms with E-state index >= 15 is 0 Å². The predicted molar refractivity (Wildman–Crippen MR) is 124 cm³/mol. The molecule has 29 heavy (non-hydrogen) atoms. The number of benzene rings is 1. The lowest BCUT2D eigenvalue weighted by atomic mass is 9.90. The van der Waals surface area contributed by atoms with Crippen molar-refractivity contribution in [3.8, 4) is 0 Å². The second kappa shape index (κ2) is 11.6. The van der Waals surface area contributed by atoms with Crippen LogP contribution in [0.2, 0.25) is 0 Å². The van der Waals surface area contributed by atoms with Gasteiger partial charge in [-0.1, -0.05) is 44.2 Å². The zero-order valence-corrected chi connectivity index (χ0v) is 18.8. The van der Waals surface area contributed by atoms with Crippen LogP contribution in [0.5, 0.6) is 0 Å². The van der Waals surface area contributed by atoms with Crippen molar-refractivity contribution < 1.29 is 0 Å². The van der Waals surface area contributed by atoms with E-state index in [-0.39, 0.29) is 0 Å². The highest BCUT2D eigenvalue weighted by Gasteiger charge is 2.22. The molecule has 2 aliphatic rings. The fourth-order valence-electron chi connectivity index (χ4n) is 4.69. The Bertz CT molecular complexity index is 601. The highest BCUT2D eigenvalue weighted by molar-refractivity contribution is 5.79. The van der Waals surface area contributed by atoms with Crippen LogP contribution in [0.3, 0.4) is 0 Å². The first kappa shape index (κ1) is 22.1. The summed E-state index contributed by atoms with van der Waals surface area (Å²) in [5, 5.41) is 3.65. The molecule has 1 aromatic rings. The Morgan fingerprint density at radius 3 is 2.31 bits per heavy atom. The molecule has 1 atom stereocenters. The summed E-state index contributed by atoms with van der Waals surface area (Å²) in [4.78, 5) is 12.2. The maximum atomic E-state index is 4.57. The first-order valence-corrected chi connectivity index (χ1v) is 11.6. The summed E-state index contributed by atoms with van der Waals surface area (Å²) in [6.07, 6.45) is 3.72. The van der Waals surface area contributed by atoms with Crippen LogP contribution in [0, 0.1) is 11.8 Å². The van der Waals surface area contributed by atoms with Gasteiger partial charge in [0.15, 0.2) is 5.96 Å². The molecule has 1 N–H and O–H groups in total. The quantitative estimate of drug-likeness (QED) is 0.565. The summed E-state index contributed by atoms with van der Waals surface area (Å²) in [6, 6.07) is 10.9. The summed E-state index contributed by atoms with van der Waals surface area (Å²) >= 11 is 0. The summed E-state index contributed by atoms with van der Waals surface area (Å²) in [6.45, 7) is 15.1. The van der Waals surface area contributed by atoms with Crippen molar-refractivity contribution in [3.63, 3.8) is 0 Å². The Hall–Kier alpha value is -1.59. The largest absolute Gasteiger partial charge is 0.356 e. The molecule has 2 heterocycles. The Morgan fingerprint density at radius 2 is 1.69 bits per heavy atom. The number of piperazine rings is 1. The van der Waals surface area contributed by atoms with E-state index in [1.165, 1.54) is 64.1 Å². The van der Waals surface area contributed by atoms with E-state index in [4.69, 9.17) is 0 Å². The zero-order chi connectivity index (χ0) is 20.5. The third-order valence-corrected chi connectivity index (χ3v) is 6.58. The van der Waals surface area contributed by atoms with Gasteiger partial charge in [-0.3, -0.25) is 4.99 Å². The predicted octanol–water partition coefficient (Wildman–Crippen LogP) is 2.79. The van der Waals surface area contributed by atoms with Crippen molar-refractivity contribution in [1.82, 2.24) is 20.0 Å². The molecule has 0 spiro atoms. The highest BCUT2D eigenvalue weighted by atomic mass is 15.3. The summed E-state index contributed by atoms with van der Waals surface area (Å²) in [5.74, 6) is 2.52. The van der Waals surface area contributed by atoms with Crippen molar-refractivity contribution in [2.24, 2.45) is 16.8 Å². The van der Waals surface area contributed by atoms with Crippen LogP contribution < -0.4 is 5.32 Å². The van der Waals surface area contributed by atoms with Crippen LogP contribution >= 0.6 is 0 Å². The molecule has 3 rings (SSSR count). The van der Waals surface area contributed by atoms with Gasteiger partial charge in [0.25, 0.3) is 0 Å². The monoisotopic (exact) mass is 399 g/mol. The number of aliphatic imine (C=N–C) groups is 1. The number of hydrogen-bond donors (Lipinski definition) is 1. The molecular formula is C24H41N5. The summed E-state index contributed by atoms with van der Waals surface area (Å²) in [7, 11) is 1.92. The van der Waals surface area contributed by atoms with Crippen LogP contribution in [-0.2, 0) is 6.42 Å². The number of guanidine groups is 1. The molecule has 1 unspecified atom stereocenters. The van der Waals surface area contributed by atoms with Gasteiger partial charge >= 0.3 is 0 Å². The van der Waals surface area contributed by atoms with Gasteiger partial charge in [0.05, 0.1) is 0 Å². The molecule has 2 fully saturated rings. The van der Waals surface area contributed by atoms with Gasteiger partial charge in [-0.2, -0.15) is 0 Å². The number of hydrogen-bond acceptors (Lipinski definition) is 3. The van der Waals surface area contributed by atoms with E-state index in [9.17, 15) is 0 Å². The Balaban J connectivity index is 1.36. The second-order valence-corrected chi connectivity index (χ2v) is 8.89. The van der Waals surface area contributed by atoms with Gasteiger partial charge < -0.3 is 20.0 Å². The van der Waals surface area contributed by atoms with Crippen LogP contribution in [0.15, 0.2) is 35.3 Å². The van der Waals surface area contributed by atoms with E-state index in [2.05, 4.69) is 69.2 Å². The molecule has 0 radical (unpaired) electrons. The van der Waals surface area contributed by atoms with Crippen LogP contribution in [0.1, 0.15) is 32.3 Å². The molecule has 5 nitrogen and oxygen atoms in total. The summed E-state index contributed by atoms with van der Waals surface area (Å²) < 4.78 is 0. The van der Waals surface area contributed by atoms with Crippen LogP contribution in [0.4, 0.5) is 0 Å². The SMILES string of the molecule is CCN1CCN(CC(C)CNC(=NC)N2CCC(Cc3ccccc3)CC2)CC1. The molecule has 0 bridgehead atoms. The van der Waals surface area contributed by atoms with Gasteiger partial charge in [0.2, 0.25) is 0 Å². The minimum absolute atomic E-state index is 0.635. The van der Waals surface area contributed by atoms with Crippen molar-refractivity contribution >= 4 is 5.96 Å². The fourth-order valence-corrected chi connectivity index (χ4v) is 4.69. The van der Waals surface area contributed by atoms with Gasteiger partial charge in [-0.15, -0.1) is 0 Å². The number of likely N-dealkylation sites (N-methyl/N-ethyl adjacent to an activating group) is 1. The van der Waals surface area contributed by atoms with E-state index < -0.39 is 0 Å². The minimum atomic E-state index is 0.635. The molecule has 0 aromatic heterocycles. The topological polar surface area (TPSA) is 34.1 Å². The van der Waals surface area contributed by atoms with E-state index in [1.54, 1.807) is 0 Å². The number of nitrogens with zero attached hydrogens (tertiary/aromatic N) is 4. The smallest absolute Gasteiger partial charge is 0.193 e. The molecule has 1 aromatic carbocycles. The van der Waals surface area contributed by atoms with E-state index in [1.807, 2.05) is 7.05 Å². The Labute approximate surface area is 178 Å². The number of nitrogens with one attached hydrogen (secondary N) is 1. The zero-order valence-electron chi connectivity index (χ0n) is 18.8. The van der Waals surface area contributed by atoms with Crippen molar-refractivity contribution in [2.45, 2.75) is 33.1 Å². The number of likely N-dealkylation sites (tertiary alicyclic amines) is 1. The molecule has 0 amide bonds. The van der Waals surface area contributed by atoms with Crippen LogP contribution in [-0.4, -0.2) is 86.6 Å². The molecular weight excluding hydrogens is 358 g/mol. The second-order valence-electron chi connectivity index (χ2n) is 8.89. The standard InChI is InChI=1S/C24H41N5/c1-4-27-14-16-28(17-15-27)20-21(2)19-26-24(25-3)29-12-10-23(11-13-29)18-22-8-6-5-7-9-22/h5-9,21,23H,4,10-20H2,1-3H3,(H,25,26). The van der Waals surface area contributed by atoms with Crippen molar-refractivity contribution in [1.29, 1.82) is 0 Å². The first-order chi connectivity index (χ1) is 14.2. The Morgan fingerprint density at radius 1 is 1.03 bits per heavy atom. The fraction of sp³-hybridized carbons (Fsp3) is 0.708. The average Bonchev–Trinajstić information content (AvgIpc) is 2.76. The molecule has 2 saturated heterocycles. The van der Waals surface area contributed by atoms with Crippen molar-refractivity contribution in [2.75, 3.05) is 66.0 Å². The molecule has 2 aliphatic heterocycles. The maximum absolute atomic E-state index is 4.57. The molecule has 0 saturated carbocycles. The highest BCUT2D eigenvalue weighted by Crippen LogP contribution is 2.21. The van der Waals surface area contributed by atoms with Gasteiger partial charge in [-0.05, 0) is 43.2 Å². The third kappa shape index (κ3) is 7.00. The lowest BCUT2D eigenvalue weighted by molar-refractivity contribution is 0.124. The molecule has 162 valence electrons. The molecule has 0 aliphatic carbocycles. The van der Waals surface area contributed by atoms with E-state index in [0.29, 0.717) is 5.92 Å². The lowest BCUT2D eigenvalue weighted by Crippen LogP contribution is -2.50. The normalized spacial score (nSPS) is 21.3. The number of rotatable bonds is 7. The Kier molecular flexibility index (Phi) is 8.81. The van der Waals surface area contributed by atoms with E-state index in [0.717, 1.165) is 31.5 Å². The van der Waals surface area contributed by atoms with Gasteiger partial charge in [-0.25, -0.2) is 0 Å². The third-order valence-electron chi connectivity index (χ3n) is 6.58. The van der Waals surface area contributed by atoms with Crippen LogP contribution in [0.25, 0.3) is 0 Å². The first-order valence-electron chi connectivity index (χ1n) is 11.6. The number of piperidine rings is 1. The molecule has 5 heteroatoms. The minimum Gasteiger partial charge on any atom is -0.356 e.